The third-order valence-electron chi connectivity index (χ3n) is 3.20. The Bertz CT molecular complexity index is 431. The second kappa shape index (κ2) is 11.6. The zero-order valence-corrected chi connectivity index (χ0v) is 14.6. The van der Waals surface area contributed by atoms with Crippen molar-refractivity contribution in [2.75, 3.05) is 25.7 Å². The molecule has 0 aromatic heterocycles. The molecule has 0 bridgehead atoms. The van der Waals surface area contributed by atoms with E-state index in [2.05, 4.69) is 5.32 Å². The average Bonchev–Trinajstić information content (AvgIpc) is 2.52. The molecule has 1 aromatic rings. The second-order valence-electron chi connectivity index (χ2n) is 4.78. The van der Waals surface area contributed by atoms with Gasteiger partial charge in [-0.3, -0.25) is 4.79 Å². The van der Waals surface area contributed by atoms with Crippen molar-refractivity contribution in [1.82, 2.24) is 5.32 Å². The zero-order valence-electron chi connectivity index (χ0n) is 13.0. The molecule has 0 aliphatic rings. The molecule has 1 amide bonds. The third-order valence-corrected chi connectivity index (χ3v) is 3.85. The van der Waals surface area contributed by atoms with Gasteiger partial charge < -0.3 is 20.9 Å². The van der Waals surface area contributed by atoms with Crippen molar-refractivity contribution in [3.8, 4) is 5.75 Å². The molecule has 7 heteroatoms. The predicted molar refractivity (Wildman–Crippen MR) is 93.9 cm³/mol. The van der Waals surface area contributed by atoms with E-state index in [1.165, 1.54) is 0 Å². The average molecular weight is 349 g/mol. The van der Waals surface area contributed by atoms with Crippen LogP contribution in [0.1, 0.15) is 12.0 Å². The minimum Gasteiger partial charge on any atom is -0.497 e. The first-order chi connectivity index (χ1) is 10.1. The van der Waals surface area contributed by atoms with Gasteiger partial charge in [0, 0.05) is 12.6 Å². The maximum absolute atomic E-state index is 11.8. The molecule has 0 aliphatic carbocycles. The van der Waals surface area contributed by atoms with Crippen LogP contribution in [0.15, 0.2) is 24.3 Å². The van der Waals surface area contributed by atoms with Gasteiger partial charge in [0.05, 0.1) is 7.11 Å². The van der Waals surface area contributed by atoms with Crippen molar-refractivity contribution in [3.63, 3.8) is 0 Å². The highest BCUT2D eigenvalue weighted by Gasteiger charge is 2.21. The minimum absolute atomic E-state index is 0. The highest BCUT2D eigenvalue weighted by atomic mass is 35.5. The Kier molecular flexibility index (Phi) is 11.1. The number of halogens is 1. The molecule has 0 saturated carbocycles. The van der Waals surface area contributed by atoms with Gasteiger partial charge in [0.15, 0.2) is 0 Å². The molecule has 0 saturated heterocycles. The molecule has 1 rings (SSSR count). The molecule has 0 spiro atoms. The number of methoxy groups -OCH3 is 1. The maximum atomic E-state index is 11.8. The van der Waals surface area contributed by atoms with Crippen LogP contribution in [0.4, 0.5) is 0 Å². The van der Waals surface area contributed by atoms with E-state index in [1.54, 1.807) is 18.9 Å². The maximum Gasteiger partial charge on any atom is 0.250 e. The smallest absolute Gasteiger partial charge is 0.250 e. The molecule has 0 heterocycles. The lowest BCUT2D eigenvalue weighted by molar-refractivity contribution is -0.130. The zero-order chi connectivity index (χ0) is 15.7. The molecule has 126 valence electrons. The molecule has 0 aliphatic heterocycles. The Morgan fingerprint density at radius 2 is 2.05 bits per heavy atom. The SMILES string of the molecule is COc1ccc(CCNC(=O)C(O)[C@H](N)CCSC)cc1.Cl. The van der Waals surface area contributed by atoms with Gasteiger partial charge in [-0.2, -0.15) is 11.8 Å². The molecule has 0 fully saturated rings. The van der Waals surface area contributed by atoms with E-state index in [4.69, 9.17) is 10.5 Å². The number of carbonyl (C=O) groups excluding carboxylic acids is 1. The Labute approximate surface area is 142 Å². The van der Waals surface area contributed by atoms with Crippen LogP contribution in [0, 0.1) is 0 Å². The number of carbonyl (C=O) groups is 1. The van der Waals surface area contributed by atoms with Crippen LogP contribution in [0.25, 0.3) is 0 Å². The van der Waals surface area contributed by atoms with E-state index in [0.29, 0.717) is 19.4 Å². The number of hydrogen-bond acceptors (Lipinski definition) is 5. The van der Waals surface area contributed by atoms with Crippen molar-refractivity contribution in [1.29, 1.82) is 0 Å². The number of ether oxygens (including phenoxy) is 1. The van der Waals surface area contributed by atoms with E-state index < -0.39 is 18.1 Å². The lowest BCUT2D eigenvalue weighted by Gasteiger charge is -2.18. The van der Waals surface area contributed by atoms with Crippen molar-refractivity contribution < 1.29 is 14.6 Å². The Balaban J connectivity index is 0.00000441. The second-order valence-corrected chi connectivity index (χ2v) is 5.76. The number of nitrogens with one attached hydrogen (secondary N) is 1. The van der Waals surface area contributed by atoms with Gasteiger partial charge in [-0.25, -0.2) is 0 Å². The summed E-state index contributed by atoms with van der Waals surface area (Å²) in [4.78, 5) is 11.8. The van der Waals surface area contributed by atoms with Crippen LogP contribution in [0.2, 0.25) is 0 Å². The van der Waals surface area contributed by atoms with E-state index in [-0.39, 0.29) is 12.4 Å². The van der Waals surface area contributed by atoms with Gasteiger partial charge in [0.25, 0.3) is 0 Å². The van der Waals surface area contributed by atoms with Crippen molar-refractivity contribution in [2.24, 2.45) is 5.73 Å². The molecule has 0 radical (unpaired) electrons. The summed E-state index contributed by atoms with van der Waals surface area (Å²) in [5, 5.41) is 12.5. The summed E-state index contributed by atoms with van der Waals surface area (Å²) in [6.07, 6.45) is 2.14. The molecular weight excluding hydrogens is 324 g/mol. The van der Waals surface area contributed by atoms with Crippen LogP contribution in [0.5, 0.6) is 5.75 Å². The van der Waals surface area contributed by atoms with Crippen molar-refractivity contribution in [2.45, 2.75) is 25.0 Å². The number of nitrogens with two attached hydrogens (primary N) is 1. The van der Waals surface area contributed by atoms with Crippen LogP contribution in [-0.4, -0.2) is 48.8 Å². The van der Waals surface area contributed by atoms with Crippen LogP contribution >= 0.6 is 24.2 Å². The molecule has 1 aromatic carbocycles. The highest BCUT2D eigenvalue weighted by molar-refractivity contribution is 7.98. The first kappa shape index (κ1) is 21.0. The van der Waals surface area contributed by atoms with Crippen LogP contribution in [0.3, 0.4) is 0 Å². The topological polar surface area (TPSA) is 84.6 Å². The van der Waals surface area contributed by atoms with E-state index in [9.17, 15) is 9.90 Å². The lowest BCUT2D eigenvalue weighted by Crippen LogP contribution is -2.47. The highest BCUT2D eigenvalue weighted by Crippen LogP contribution is 2.11. The Hall–Kier alpha value is -0.950. The summed E-state index contributed by atoms with van der Waals surface area (Å²) in [6, 6.07) is 7.14. The Morgan fingerprint density at radius 1 is 1.41 bits per heavy atom. The fourth-order valence-corrected chi connectivity index (χ4v) is 2.34. The number of aliphatic hydroxyl groups excluding tert-OH is 1. The summed E-state index contributed by atoms with van der Waals surface area (Å²) < 4.78 is 5.08. The van der Waals surface area contributed by atoms with E-state index >= 15 is 0 Å². The largest absolute Gasteiger partial charge is 0.497 e. The third kappa shape index (κ3) is 7.35. The first-order valence-electron chi connectivity index (χ1n) is 6.91. The van der Waals surface area contributed by atoms with Gasteiger partial charge >= 0.3 is 0 Å². The summed E-state index contributed by atoms with van der Waals surface area (Å²) in [7, 11) is 1.62. The number of thioether (sulfide) groups is 1. The molecule has 2 atom stereocenters. The molecule has 4 N–H and O–H groups in total. The lowest BCUT2D eigenvalue weighted by atomic mass is 10.1. The standard InChI is InChI=1S/C15H24N2O3S.ClH/c1-20-12-5-3-11(4-6-12)7-9-17-15(19)14(18)13(16)8-10-21-2;/h3-6,13-14,18H,7-10,16H2,1-2H3,(H,17,19);1H/t13-,14?;/m1./s1. The summed E-state index contributed by atoms with van der Waals surface area (Å²) >= 11 is 1.64. The van der Waals surface area contributed by atoms with Gasteiger partial charge in [-0.15, -0.1) is 12.4 Å². The quantitative estimate of drug-likeness (QED) is 0.625. The number of rotatable bonds is 9. The number of aliphatic hydroxyl groups is 1. The fraction of sp³-hybridized carbons (Fsp3) is 0.533. The summed E-state index contributed by atoms with van der Waals surface area (Å²) in [6.45, 7) is 0.470. The van der Waals surface area contributed by atoms with Crippen LogP contribution in [-0.2, 0) is 11.2 Å². The molecule has 1 unspecified atom stereocenters. The normalized spacial score (nSPS) is 12.9. The number of hydrogen-bond donors (Lipinski definition) is 3. The monoisotopic (exact) mass is 348 g/mol. The van der Waals surface area contributed by atoms with Gasteiger partial charge in [0.2, 0.25) is 5.91 Å². The predicted octanol–water partition coefficient (Wildman–Crippen LogP) is 1.22. The molecular formula is C15H25ClN2O3S. The Morgan fingerprint density at radius 3 is 2.59 bits per heavy atom. The van der Waals surface area contributed by atoms with Gasteiger partial charge in [0.1, 0.15) is 11.9 Å². The van der Waals surface area contributed by atoms with E-state index in [0.717, 1.165) is 17.1 Å². The summed E-state index contributed by atoms with van der Waals surface area (Å²) in [5.41, 5.74) is 6.88. The number of amides is 1. The first-order valence-corrected chi connectivity index (χ1v) is 8.31. The van der Waals surface area contributed by atoms with Gasteiger partial charge in [-0.05, 0) is 42.5 Å². The van der Waals surface area contributed by atoms with Crippen molar-refractivity contribution >= 4 is 30.1 Å². The van der Waals surface area contributed by atoms with Gasteiger partial charge in [-0.1, -0.05) is 12.1 Å². The minimum atomic E-state index is -1.15. The molecule has 5 nitrogen and oxygen atoms in total. The van der Waals surface area contributed by atoms with Crippen molar-refractivity contribution in [3.05, 3.63) is 29.8 Å². The summed E-state index contributed by atoms with van der Waals surface area (Å²) in [5.74, 6) is 1.23. The number of benzene rings is 1. The molecule has 22 heavy (non-hydrogen) atoms. The van der Waals surface area contributed by atoms with E-state index in [1.807, 2.05) is 30.5 Å². The van der Waals surface area contributed by atoms with Crippen LogP contribution < -0.4 is 15.8 Å². The fourth-order valence-electron chi connectivity index (χ4n) is 1.83.